The lowest BCUT2D eigenvalue weighted by atomic mass is 10.2. The summed E-state index contributed by atoms with van der Waals surface area (Å²) >= 11 is 11.8. The molecule has 1 aromatic heterocycles. The highest BCUT2D eigenvalue weighted by Crippen LogP contribution is 2.36. The molecule has 1 aromatic carbocycles. The number of hydrogen-bond acceptors (Lipinski definition) is 4. The number of methoxy groups -OCH3 is 1. The topological polar surface area (TPSA) is 51.7 Å². The summed E-state index contributed by atoms with van der Waals surface area (Å²) in [5, 5.41) is 0.319. The van der Waals surface area contributed by atoms with Crippen molar-refractivity contribution in [1.29, 1.82) is 0 Å². The van der Waals surface area contributed by atoms with Crippen LogP contribution in [0, 0.1) is 0 Å². The zero-order valence-electron chi connectivity index (χ0n) is 11.7. The summed E-state index contributed by atoms with van der Waals surface area (Å²) < 4.78 is 10.8. The molecule has 1 aliphatic heterocycles. The second-order valence-corrected chi connectivity index (χ2v) is 5.36. The van der Waals surface area contributed by atoms with Crippen molar-refractivity contribution < 1.29 is 14.3 Å². The third-order valence-corrected chi connectivity index (χ3v) is 3.82. The van der Waals surface area contributed by atoms with Gasteiger partial charge >= 0.3 is 0 Å². The van der Waals surface area contributed by atoms with Crippen LogP contribution >= 0.6 is 23.2 Å². The van der Waals surface area contributed by atoms with Crippen LogP contribution in [-0.2, 0) is 0 Å². The van der Waals surface area contributed by atoms with E-state index in [-0.39, 0.29) is 16.2 Å². The van der Waals surface area contributed by atoms with Crippen molar-refractivity contribution in [2.75, 3.05) is 25.2 Å². The van der Waals surface area contributed by atoms with Crippen molar-refractivity contribution in [2.45, 2.75) is 0 Å². The zero-order chi connectivity index (χ0) is 15.7. The predicted molar refractivity (Wildman–Crippen MR) is 84.4 cm³/mol. The number of pyridine rings is 1. The minimum Gasteiger partial charge on any atom is -0.497 e. The molecule has 3 rings (SSSR count). The molecule has 1 aliphatic rings. The van der Waals surface area contributed by atoms with Crippen LogP contribution in [0.1, 0.15) is 10.4 Å². The Balaban J connectivity index is 2.01. The lowest BCUT2D eigenvalue weighted by molar-refractivity contribution is 0.0976. The van der Waals surface area contributed by atoms with Gasteiger partial charge in [-0.25, -0.2) is 4.98 Å². The Morgan fingerprint density at radius 2 is 2.14 bits per heavy atom. The SMILES string of the molecule is COc1ccc2c(c1)N(C(=O)c1ccc(Cl)nc1Cl)CCO2. The standard InChI is InChI=1S/C15H12Cl2N2O3/c1-21-9-2-4-12-11(8-9)19(6-7-22-12)15(20)10-3-5-13(16)18-14(10)17/h2-5,8H,6-7H2,1H3. The second kappa shape index (κ2) is 6.02. The highest BCUT2D eigenvalue weighted by molar-refractivity contribution is 6.35. The number of nitrogens with zero attached hydrogens (tertiary/aromatic N) is 2. The Morgan fingerprint density at radius 3 is 2.86 bits per heavy atom. The lowest BCUT2D eigenvalue weighted by Crippen LogP contribution is -2.38. The number of ether oxygens (including phenoxy) is 2. The summed E-state index contributed by atoms with van der Waals surface area (Å²) in [7, 11) is 1.57. The molecule has 0 aliphatic carbocycles. The number of halogens is 2. The van der Waals surface area contributed by atoms with Crippen LogP contribution in [0.15, 0.2) is 30.3 Å². The first kappa shape index (κ1) is 14.9. The van der Waals surface area contributed by atoms with Gasteiger partial charge in [0.05, 0.1) is 24.9 Å². The van der Waals surface area contributed by atoms with Gasteiger partial charge in [-0.3, -0.25) is 4.79 Å². The summed E-state index contributed by atoms with van der Waals surface area (Å²) in [6.45, 7) is 0.821. The van der Waals surface area contributed by atoms with Crippen molar-refractivity contribution in [3.05, 3.63) is 46.2 Å². The maximum atomic E-state index is 12.8. The van der Waals surface area contributed by atoms with Crippen molar-refractivity contribution in [3.8, 4) is 11.5 Å². The number of rotatable bonds is 2. The van der Waals surface area contributed by atoms with Gasteiger partial charge in [-0.1, -0.05) is 23.2 Å². The number of carbonyl (C=O) groups excluding carboxylic acids is 1. The van der Waals surface area contributed by atoms with E-state index >= 15 is 0 Å². The maximum Gasteiger partial charge on any atom is 0.261 e. The van der Waals surface area contributed by atoms with Gasteiger partial charge in [-0.15, -0.1) is 0 Å². The molecular weight excluding hydrogens is 327 g/mol. The Labute approximate surface area is 137 Å². The average Bonchev–Trinajstić information content (AvgIpc) is 2.53. The van der Waals surface area contributed by atoms with Gasteiger partial charge in [-0.2, -0.15) is 0 Å². The quantitative estimate of drug-likeness (QED) is 0.787. The molecule has 7 heteroatoms. The Bertz CT molecular complexity index is 737. The Hall–Kier alpha value is -1.98. The molecule has 0 unspecified atom stereocenters. The van der Waals surface area contributed by atoms with E-state index in [1.165, 1.54) is 6.07 Å². The van der Waals surface area contributed by atoms with Crippen LogP contribution < -0.4 is 14.4 Å². The van der Waals surface area contributed by atoms with Gasteiger partial charge in [0, 0.05) is 6.07 Å². The van der Waals surface area contributed by atoms with E-state index in [0.29, 0.717) is 35.9 Å². The maximum absolute atomic E-state index is 12.8. The highest BCUT2D eigenvalue weighted by Gasteiger charge is 2.27. The number of hydrogen-bond donors (Lipinski definition) is 0. The smallest absolute Gasteiger partial charge is 0.261 e. The monoisotopic (exact) mass is 338 g/mol. The second-order valence-electron chi connectivity index (χ2n) is 4.61. The average molecular weight is 339 g/mol. The van der Waals surface area contributed by atoms with Crippen LogP contribution in [-0.4, -0.2) is 31.2 Å². The summed E-state index contributed by atoms with van der Waals surface area (Å²) in [5.74, 6) is 1.01. The van der Waals surface area contributed by atoms with E-state index < -0.39 is 0 Å². The molecule has 0 radical (unpaired) electrons. The van der Waals surface area contributed by atoms with E-state index in [9.17, 15) is 4.79 Å². The molecule has 22 heavy (non-hydrogen) atoms. The number of anilines is 1. The third-order valence-electron chi connectivity index (χ3n) is 3.32. The Kier molecular flexibility index (Phi) is 4.09. The molecule has 0 bridgehead atoms. The number of fused-ring (bicyclic) bond motifs is 1. The lowest BCUT2D eigenvalue weighted by Gasteiger charge is -2.30. The van der Waals surface area contributed by atoms with Crippen LogP contribution in [0.5, 0.6) is 11.5 Å². The number of benzene rings is 1. The van der Waals surface area contributed by atoms with Crippen molar-refractivity contribution >= 4 is 34.8 Å². The molecular formula is C15H12Cl2N2O3. The van der Waals surface area contributed by atoms with E-state index in [1.807, 2.05) is 0 Å². The summed E-state index contributed by atoms with van der Waals surface area (Å²) in [6, 6.07) is 8.41. The first-order chi connectivity index (χ1) is 10.6. The summed E-state index contributed by atoms with van der Waals surface area (Å²) in [5.41, 5.74) is 0.934. The van der Waals surface area contributed by atoms with E-state index in [2.05, 4.69) is 4.98 Å². The summed E-state index contributed by atoms with van der Waals surface area (Å²) in [6.07, 6.45) is 0. The fourth-order valence-electron chi connectivity index (χ4n) is 2.25. The van der Waals surface area contributed by atoms with Crippen LogP contribution in [0.4, 0.5) is 5.69 Å². The van der Waals surface area contributed by atoms with E-state index in [1.54, 1.807) is 36.3 Å². The molecule has 0 saturated heterocycles. The largest absolute Gasteiger partial charge is 0.497 e. The minimum atomic E-state index is -0.257. The van der Waals surface area contributed by atoms with E-state index in [4.69, 9.17) is 32.7 Å². The first-order valence-electron chi connectivity index (χ1n) is 6.55. The van der Waals surface area contributed by atoms with Crippen LogP contribution in [0.2, 0.25) is 10.3 Å². The van der Waals surface area contributed by atoms with Gasteiger partial charge in [0.2, 0.25) is 0 Å². The van der Waals surface area contributed by atoms with Crippen LogP contribution in [0.3, 0.4) is 0 Å². The molecule has 0 spiro atoms. The van der Waals surface area contributed by atoms with Gasteiger partial charge in [0.1, 0.15) is 28.4 Å². The number of aromatic nitrogens is 1. The fraction of sp³-hybridized carbons (Fsp3) is 0.200. The molecule has 2 aromatic rings. The van der Waals surface area contributed by atoms with Gasteiger partial charge in [-0.05, 0) is 24.3 Å². The van der Waals surface area contributed by atoms with Gasteiger partial charge < -0.3 is 14.4 Å². The molecule has 0 N–H and O–H groups in total. The number of amides is 1. The molecule has 0 fully saturated rings. The van der Waals surface area contributed by atoms with Gasteiger partial charge in [0.15, 0.2) is 0 Å². The molecule has 5 nitrogen and oxygen atoms in total. The first-order valence-corrected chi connectivity index (χ1v) is 7.30. The molecule has 0 saturated carbocycles. The van der Waals surface area contributed by atoms with Crippen molar-refractivity contribution in [1.82, 2.24) is 4.98 Å². The predicted octanol–water partition coefficient (Wildman–Crippen LogP) is 3.44. The molecule has 1 amide bonds. The van der Waals surface area contributed by atoms with E-state index in [0.717, 1.165) is 0 Å². The van der Waals surface area contributed by atoms with Crippen LogP contribution in [0.25, 0.3) is 0 Å². The van der Waals surface area contributed by atoms with Crippen molar-refractivity contribution in [2.24, 2.45) is 0 Å². The summed E-state index contributed by atoms with van der Waals surface area (Å²) in [4.78, 5) is 18.3. The molecule has 114 valence electrons. The molecule has 0 atom stereocenters. The number of carbonyl (C=O) groups is 1. The fourth-order valence-corrected chi connectivity index (χ4v) is 2.68. The minimum absolute atomic E-state index is 0.0773. The zero-order valence-corrected chi connectivity index (χ0v) is 13.2. The normalized spacial score (nSPS) is 13.3. The van der Waals surface area contributed by atoms with Gasteiger partial charge in [0.25, 0.3) is 5.91 Å². The van der Waals surface area contributed by atoms with Crippen molar-refractivity contribution in [3.63, 3.8) is 0 Å². The highest BCUT2D eigenvalue weighted by atomic mass is 35.5. The Morgan fingerprint density at radius 1 is 1.32 bits per heavy atom. The third kappa shape index (κ3) is 2.69. The molecule has 2 heterocycles.